The lowest BCUT2D eigenvalue weighted by Crippen LogP contribution is -2.37. The Labute approximate surface area is 82.4 Å². The number of ether oxygens (including phenoxy) is 1. The summed E-state index contributed by atoms with van der Waals surface area (Å²) in [5.74, 6) is -0.241. The molecule has 0 saturated carbocycles. The first kappa shape index (κ1) is 9.02. The fourth-order valence-corrected chi connectivity index (χ4v) is 1.52. The van der Waals surface area contributed by atoms with E-state index in [-0.39, 0.29) is 12.5 Å². The van der Waals surface area contributed by atoms with Crippen molar-refractivity contribution in [3.63, 3.8) is 0 Å². The minimum absolute atomic E-state index is 0.241. The fraction of sp³-hybridized carbons (Fsp3) is 0.300. The minimum Gasteiger partial charge on any atom is -0.468 e. The molecule has 1 aromatic carbocycles. The zero-order chi connectivity index (χ0) is 9.97. The van der Waals surface area contributed by atoms with Crippen molar-refractivity contribution >= 4 is 11.7 Å². The van der Waals surface area contributed by atoms with Crippen molar-refractivity contribution in [1.82, 2.24) is 5.43 Å². The predicted octanol–water partition coefficient (Wildman–Crippen LogP) is 0.684. The van der Waals surface area contributed by atoms with Gasteiger partial charge in [-0.15, -0.1) is 0 Å². The second-order valence-electron chi connectivity index (χ2n) is 3.13. The maximum atomic E-state index is 11.1. The minimum atomic E-state index is -0.241. The van der Waals surface area contributed by atoms with Crippen LogP contribution >= 0.6 is 0 Å². The van der Waals surface area contributed by atoms with E-state index in [0.717, 1.165) is 12.2 Å². The quantitative estimate of drug-likeness (QED) is 0.700. The first-order valence-corrected chi connectivity index (χ1v) is 4.47. The summed E-state index contributed by atoms with van der Waals surface area (Å²) in [6.45, 7) is 1.01. The lowest BCUT2D eigenvalue weighted by Gasteiger charge is -2.17. The molecule has 1 aromatic rings. The van der Waals surface area contributed by atoms with Gasteiger partial charge in [0.05, 0.1) is 12.8 Å². The van der Waals surface area contributed by atoms with Crippen LogP contribution < -0.4 is 10.4 Å². The molecular formula is C10H12N2O2. The van der Waals surface area contributed by atoms with E-state index >= 15 is 0 Å². The van der Waals surface area contributed by atoms with Gasteiger partial charge in [0, 0.05) is 6.54 Å². The molecule has 0 radical (unpaired) electrons. The SMILES string of the molecule is COC(=O)CN1NCc2ccccc21. The van der Waals surface area contributed by atoms with Crippen LogP contribution in [0.2, 0.25) is 0 Å². The lowest BCUT2D eigenvalue weighted by molar-refractivity contribution is -0.139. The van der Waals surface area contributed by atoms with Gasteiger partial charge in [-0.2, -0.15) is 0 Å². The van der Waals surface area contributed by atoms with E-state index in [2.05, 4.69) is 10.2 Å². The van der Waals surface area contributed by atoms with Crippen molar-refractivity contribution in [1.29, 1.82) is 0 Å². The zero-order valence-electron chi connectivity index (χ0n) is 7.99. The smallest absolute Gasteiger partial charge is 0.326 e. The lowest BCUT2D eigenvalue weighted by atomic mass is 10.2. The normalized spacial score (nSPS) is 13.9. The molecule has 0 aromatic heterocycles. The number of rotatable bonds is 2. The van der Waals surface area contributed by atoms with Crippen molar-refractivity contribution < 1.29 is 9.53 Å². The number of nitrogens with one attached hydrogen (secondary N) is 1. The van der Waals surface area contributed by atoms with Crippen LogP contribution in [0.4, 0.5) is 5.69 Å². The van der Waals surface area contributed by atoms with Crippen molar-refractivity contribution in [3.8, 4) is 0 Å². The highest BCUT2D eigenvalue weighted by molar-refractivity contribution is 5.76. The number of anilines is 1. The average Bonchev–Trinajstić information content (AvgIpc) is 2.62. The first-order chi connectivity index (χ1) is 6.81. The van der Waals surface area contributed by atoms with Crippen LogP contribution in [0, 0.1) is 0 Å². The van der Waals surface area contributed by atoms with Gasteiger partial charge in [-0.05, 0) is 11.6 Å². The van der Waals surface area contributed by atoms with Gasteiger partial charge in [-0.3, -0.25) is 9.80 Å². The molecule has 0 saturated heterocycles. The number of hydrazine groups is 1. The molecule has 0 amide bonds. The Bertz CT molecular complexity index is 352. The first-order valence-electron chi connectivity index (χ1n) is 4.47. The summed E-state index contributed by atoms with van der Waals surface area (Å²) in [6, 6.07) is 7.97. The van der Waals surface area contributed by atoms with Crippen LogP contribution in [-0.4, -0.2) is 19.6 Å². The molecule has 1 aliphatic heterocycles. The van der Waals surface area contributed by atoms with Gasteiger partial charge in [-0.25, -0.2) is 5.43 Å². The fourth-order valence-electron chi connectivity index (χ4n) is 1.52. The van der Waals surface area contributed by atoms with Gasteiger partial charge in [0.1, 0.15) is 6.54 Å². The topological polar surface area (TPSA) is 41.6 Å². The summed E-state index contributed by atoms with van der Waals surface area (Å²) in [7, 11) is 1.39. The predicted molar refractivity (Wildman–Crippen MR) is 52.6 cm³/mol. The third-order valence-electron chi connectivity index (χ3n) is 2.26. The Morgan fingerprint density at radius 2 is 2.36 bits per heavy atom. The number of nitrogens with zero attached hydrogens (tertiary/aromatic N) is 1. The molecular weight excluding hydrogens is 180 g/mol. The van der Waals surface area contributed by atoms with E-state index in [1.807, 2.05) is 24.3 Å². The van der Waals surface area contributed by atoms with E-state index in [1.165, 1.54) is 12.7 Å². The van der Waals surface area contributed by atoms with E-state index in [1.54, 1.807) is 5.01 Å². The second kappa shape index (κ2) is 3.67. The number of carbonyl (C=O) groups excluding carboxylic acids is 1. The number of benzene rings is 1. The molecule has 0 fully saturated rings. The highest BCUT2D eigenvalue weighted by Gasteiger charge is 2.19. The molecule has 0 bridgehead atoms. The van der Waals surface area contributed by atoms with Crippen LogP contribution in [-0.2, 0) is 16.1 Å². The number of esters is 1. The van der Waals surface area contributed by atoms with Gasteiger partial charge >= 0.3 is 5.97 Å². The molecule has 1 N–H and O–H groups in total. The number of methoxy groups -OCH3 is 1. The molecule has 0 spiro atoms. The summed E-state index contributed by atoms with van der Waals surface area (Å²) >= 11 is 0. The van der Waals surface area contributed by atoms with E-state index in [0.29, 0.717) is 0 Å². The van der Waals surface area contributed by atoms with Crippen LogP contribution in [0.1, 0.15) is 5.56 Å². The standard InChI is InChI=1S/C10H12N2O2/c1-14-10(13)7-12-9-5-3-2-4-8(9)6-11-12/h2-5,11H,6-7H2,1H3. The summed E-state index contributed by atoms with van der Waals surface area (Å²) in [5, 5.41) is 1.81. The van der Waals surface area contributed by atoms with E-state index < -0.39 is 0 Å². The van der Waals surface area contributed by atoms with E-state index in [4.69, 9.17) is 0 Å². The third-order valence-corrected chi connectivity index (χ3v) is 2.26. The molecule has 1 aliphatic rings. The van der Waals surface area contributed by atoms with Crippen LogP contribution in [0.25, 0.3) is 0 Å². The maximum absolute atomic E-state index is 11.1. The molecule has 0 aliphatic carbocycles. The Kier molecular flexibility index (Phi) is 2.37. The number of hydrogen-bond donors (Lipinski definition) is 1. The van der Waals surface area contributed by atoms with Crippen molar-refractivity contribution in [2.75, 3.05) is 18.7 Å². The van der Waals surface area contributed by atoms with Gasteiger partial charge in [0.25, 0.3) is 0 Å². The third kappa shape index (κ3) is 1.56. The summed E-state index contributed by atoms with van der Waals surface area (Å²) in [6.07, 6.45) is 0. The number of para-hydroxylation sites is 1. The monoisotopic (exact) mass is 192 g/mol. The second-order valence-corrected chi connectivity index (χ2v) is 3.13. The van der Waals surface area contributed by atoms with Gasteiger partial charge < -0.3 is 4.74 Å². The Hall–Kier alpha value is -1.55. The van der Waals surface area contributed by atoms with Gasteiger partial charge in [-0.1, -0.05) is 18.2 Å². The van der Waals surface area contributed by atoms with Crippen LogP contribution in [0.3, 0.4) is 0 Å². The van der Waals surface area contributed by atoms with E-state index in [9.17, 15) is 4.79 Å². The highest BCUT2D eigenvalue weighted by Crippen LogP contribution is 2.23. The van der Waals surface area contributed by atoms with Gasteiger partial charge in [0.15, 0.2) is 0 Å². The van der Waals surface area contributed by atoms with Crippen molar-refractivity contribution in [2.24, 2.45) is 0 Å². The number of carbonyl (C=O) groups is 1. The summed E-state index contributed by atoms with van der Waals surface area (Å²) < 4.78 is 4.61. The molecule has 1 heterocycles. The summed E-state index contributed by atoms with van der Waals surface area (Å²) in [5.41, 5.74) is 5.38. The zero-order valence-corrected chi connectivity index (χ0v) is 7.99. The molecule has 0 atom stereocenters. The Morgan fingerprint density at radius 1 is 1.57 bits per heavy atom. The van der Waals surface area contributed by atoms with Gasteiger partial charge in [0.2, 0.25) is 0 Å². The number of fused-ring (bicyclic) bond motifs is 1. The highest BCUT2D eigenvalue weighted by atomic mass is 16.5. The molecule has 2 rings (SSSR count). The van der Waals surface area contributed by atoms with Crippen molar-refractivity contribution in [2.45, 2.75) is 6.54 Å². The number of hydrogen-bond acceptors (Lipinski definition) is 4. The Balaban J connectivity index is 2.14. The van der Waals surface area contributed by atoms with Crippen LogP contribution in [0.5, 0.6) is 0 Å². The molecule has 0 unspecified atom stereocenters. The summed E-state index contributed by atoms with van der Waals surface area (Å²) in [4.78, 5) is 11.1. The molecule has 4 heteroatoms. The molecule has 14 heavy (non-hydrogen) atoms. The average molecular weight is 192 g/mol. The van der Waals surface area contributed by atoms with Crippen LogP contribution in [0.15, 0.2) is 24.3 Å². The molecule has 4 nitrogen and oxygen atoms in total. The maximum Gasteiger partial charge on any atom is 0.326 e. The molecule has 74 valence electrons. The van der Waals surface area contributed by atoms with Crippen molar-refractivity contribution in [3.05, 3.63) is 29.8 Å². The largest absolute Gasteiger partial charge is 0.468 e. The Morgan fingerprint density at radius 3 is 3.14 bits per heavy atom.